The van der Waals surface area contributed by atoms with Crippen molar-refractivity contribution >= 4 is 0 Å². The van der Waals surface area contributed by atoms with Gasteiger partial charge in [-0.3, -0.25) is 0 Å². The van der Waals surface area contributed by atoms with Gasteiger partial charge in [0.15, 0.2) is 0 Å². The van der Waals surface area contributed by atoms with E-state index < -0.39 is 12.1 Å². The maximum absolute atomic E-state index is 12.7. The second kappa shape index (κ2) is 8.45. The number of nitrogens with zero attached hydrogens (tertiary/aromatic N) is 4. The summed E-state index contributed by atoms with van der Waals surface area (Å²) in [6.45, 7) is 9.90. The van der Waals surface area contributed by atoms with E-state index in [-0.39, 0.29) is 17.7 Å². The summed E-state index contributed by atoms with van der Waals surface area (Å²) in [7, 11) is 0. The van der Waals surface area contributed by atoms with E-state index in [0.29, 0.717) is 29.7 Å². The molecule has 0 N–H and O–H groups in total. The third-order valence-corrected chi connectivity index (χ3v) is 4.61. The molecule has 7 nitrogen and oxygen atoms in total. The average molecular weight is 424 g/mol. The van der Waals surface area contributed by atoms with Crippen molar-refractivity contribution in [1.82, 2.24) is 20.3 Å². The van der Waals surface area contributed by atoms with Crippen molar-refractivity contribution in [1.29, 1.82) is 0 Å². The fourth-order valence-corrected chi connectivity index (χ4v) is 2.96. The number of hydrogen-bond acceptors (Lipinski definition) is 7. The first-order valence-corrected chi connectivity index (χ1v) is 9.58. The van der Waals surface area contributed by atoms with Crippen LogP contribution in [-0.4, -0.2) is 26.9 Å². The van der Waals surface area contributed by atoms with Crippen molar-refractivity contribution in [3.8, 4) is 17.1 Å². The van der Waals surface area contributed by atoms with Crippen LogP contribution in [0.1, 0.15) is 67.8 Å². The molecule has 1 aromatic carbocycles. The Labute approximate surface area is 171 Å². The van der Waals surface area contributed by atoms with E-state index in [0.717, 1.165) is 17.5 Å². The Bertz CT molecular complexity index is 988. The van der Waals surface area contributed by atoms with Crippen LogP contribution in [0.4, 0.5) is 13.2 Å². The van der Waals surface area contributed by atoms with Gasteiger partial charge in [-0.05, 0) is 43.5 Å². The zero-order chi connectivity index (χ0) is 22.1. The summed E-state index contributed by atoms with van der Waals surface area (Å²) < 4.78 is 54.2. The van der Waals surface area contributed by atoms with Crippen molar-refractivity contribution in [3.05, 3.63) is 40.9 Å². The van der Waals surface area contributed by atoms with Crippen LogP contribution in [-0.2, 0) is 6.18 Å². The molecule has 0 bridgehead atoms. The number of rotatable bonds is 7. The first kappa shape index (κ1) is 21.8. The van der Waals surface area contributed by atoms with E-state index in [2.05, 4.69) is 24.9 Å². The Balaban J connectivity index is 1.77. The third kappa shape index (κ3) is 4.63. The zero-order valence-corrected chi connectivity index (χ0v) is 17.4. The first-order valence-electron chi connectivity index (χ1n) is 9.58. The summed E-state index contributed by atoms with van der Waals surface area (Å²) in [4.78, 5) is 3.44. The van der Waals surface area contributed by atoms with Gasteiger partial charge >= 0.3 is 12.1 Å². The summed E-state index contributed by atoms with van der Waals surface area (Å²) in [6.07, 6.45) is -3.93. The summed E-state index contributed by atoms with van der Waals surface area (Å²) in [5, 5.41) is 11.6. The number of aromatic nitrogens is 4. The van der Waals surface area contributed by atoms with Gasteiger partial charge in [-0.25, -0.2) is 0 Å². The quantitative estimate of drug-likeness (QED) is 0.498. The van der Waals surface area contributed by atoms with Gasteiger partial charge in [0.2, 0.25) is 17.6 Å². The van der Waals surface area contributed by atoms with Crippen LogP contribution in [0.25, 0.3) is 11.4 Å². The molecule has 0 radical (unpaired) electrons. The lowest BCUT2D eigenvalue weighted by molar-refractivity contribution is -0.159. The molecular formula is C20H23F3N4O3. The van der Waals surface area contributed by atoms with Gasteiger partial charge in [-0.15, -0.1) is 10.2 Å². The smallest absolute Gasteiger partial charge is 0.471 e. The molecule has 0 fully saturated rings. The van der Waals surface area contributed by atoms with E-state index in [9.17, 15) is 13.2 Å². The highest BCUT2D eigenvalue weighted by Gasteiger charge is 2.38. The molecule has 1 atom stereocenters. The molecule has 30 heavy (non-hydrogen) atoms. The molecule has 10 heteroatoms. The Morgan fingerprint density at radius 1 is 1.07 bits per heavy atom. The van der Waals surface area contributed by atoms with Crippen LogP contribution in [0.15, 0.2) is 21.1 Å². The highest BCUT2D eigenvalue weighted by Crippen LogP contribution is 2.33. The van der Waals surface area contributed by atoms with Gasteiger partial charge < -0.3 is 13.7 Å². The number of alkyl halides is 3. The molecule has 3 aromatic rings. The maximum Gasteiger partial charge on any atom is 0.471 e. The molecule has 1 unspecified atom stereocenters. The van der Waals surface area contributed by atoms with E-state index in [1.165, 1.54) is 0 Å². The fourth-order valence-electron chi connectivity index (χ4n) is 2.96. The van der Waals surface area contributed by atoms with Gasteiger partial charge in [0.25, 0.3) is 0 Å². The van der Waals surface area contributed by atoms with Crippen molar-refractivity contribution < 1.29 is 26.8 Å². The lowest BCUT2D eigenvalue weighted by Gasteiger charge is -2.16. The minimum absolute atomic E-state index is 0.0740. The van der Waals surface area contributed by atoms with Crippen LogP contribution in [0.2, 0.25) is 0 Å². The number of aryl methyl sites for hydroxylation is 2. The number of ether oxygens (including phenoxy) is 1. The largest absolute Gasteiger partial charge is 0.492 e. The number of halogens is 3. The molecule has 2 heterocycles. The Hall–Kier alpha value is -2.91. The molecule has 0 saturated carbocycles. The number of hydrogen-bond donors (Lipinski definition) is 0. The third-order valence-electron chi connectivity index (χ3n) is 4.61. The molecule has 0 amide bonds. The van der Waals surface area contributed by atoms with E-state index in [4.69, 9.17) is 9.15 Å². The topological polar surface area (TPSA) is 87.1 Å². The molecule has 0 saturated heterocycles. The predicted octanol–water partition coefficient (Wildman–Crippen LogP) is 5.45. The predicted molar refractivity (Wildman–Crippen MR) is 101 cm³/mol. The standard InChI is InChI=1S/C20H23F3N4O3/c1-6-13(18-26-25-17(29-18)10(2)3)9-28-15-11(4)7-14(8-12(15)5)16-24-19(30-27-16)20(21,22)23/h7-8,10,13H,6,9H2,1-5H3. The summed E-state index contributed by atoms with van der Waals surface area (Å²) in [6, 6.07) is 3.33. The normalized spacial score (nSPS) is 13.1. The molecule has 0 aliphatic carbocycles. The van der Waals surface area contributed by atoms with Gasteiger partial charge in [0, 0.05) is 11.5 Å². The fraction of sp³-hybridized carbons (Fsp3) is 0.500. The molecular weight excluding hydrogens is 401 g/mol. The van der Waals surface area contributed by atoms with Gasteiger partial charge in [0.1, 0.15) is 5.75 Å². The van der Waals surface area contributed by atoms with Gasteiger partial charge in [-0.1, -0.05) is 25.9 Å². The van der Waals surface area contributed by atoms with Crippen molar-refractivity contribution in [2.45, 2.75) is 59.1 Å². The first-order chi connectivity index (χ1) is 14.1. The molecule has 162 valence electrons. The van der Waals surface area contributed by atoms with Crippen molar-refractivity contribution in [3.63, 3.8) is 0 Å². The van der Waals surface area contributed by atoms with E-state index >= 15 is 0 Å². The molecule has 2 aromatic heterocycles. The Morgan fingerprint density at radius 3 is 2.20 bits per heavy atom. The molecule has 0 aliphatic rings. The summed E-state index contributed by atoms with van der Waals surface area (Å²) in [5.41, 5.74) is 1.90. The summed E-state index contributed by atoms with van der Waals surface area (Å²) >= 11 is 0. The van der Waals surface area contributed by atoms with Crippen LogP contribution < -0.4 is 4.74 Å². The molecule has 0 aliphatic heterocycles. The number of benzene rings is 1. The maximum atomic E-state index is 12.7. The van der Waals surface area contributed by atoms with Crippen LogP contribution in [0.3, 0.4) is 0 Å². The van der Waals surface area contributed by atoms with Gasteiger partial charge in [0.05, 0.1) is 12.5 Å². The van der Waals surface area contributed by atoms with E-state index in [1.54, 1.807) is 26.0 Å². The van der Waals surface area contributed by atoms with Crippen molar-refractivity contribution in [2.75, 3.05) is 6.61 Å². The van der Waals surface area contributed by atoms with Crippen LogP contribution in [0.5, 0.6) is 5.75 Å². The SMILES string of the molecule is CCC(COc1c(C)cc(-c2noc(C(F)(F)F)n2)cc1C)c1nnc(C(C)C)o1. The highest BCUT2D eigenvalue weighted by molar-refractivity contribution is 5.61. The van der Waals surface area contributed by atoms with Crippen LogP contribution in [0, 0.1) is 13.8 Å². The summed E-state index contributed by atoms with van der Waals surface area (Å²) in [5.74, 6) is 0.316. The van der Waals surface area contributed by atoms with Crippen LogP contribution >= 0.6 is 0 Å². The van der Waals surface area contributed by atoms with Crippen molar-refractivity contribution in [2.24, 2.45) is 0 Å². The molecule has 3 rings (SSSR count). The Morgan fingerprint density at radius 2 is 1.70 bits per heavy atom. The second-order valence-electron chi connectivity index (χ2n) is 7.41. The minimum Gasteiger partial charge on any atom is -0.492 e. The average Bonchev–Trinajstić information content (AvgIpc) is 3.33. The lowest BCUT2D eigenvalue weighted by Crippen LogP contribution is -2.11. The van der Waals surface area contributed by atoms with Gasteiger partial charge in [-0.2, -0.15) is 18.2 Å². The zero-order valence-electron chi connectivity index (χ0n) is 17.4. The molecule has 0 spiro atoms. The monoisotopic (exact) mass is 424 g/mol. The second-order valence-corrected chi connectivity index (χ2v) is 7.41. The lowest BCUT2D eigenvalue weighted by atomic mass is 10.0. The highest BCUT2D eigenvalue weighted by atomic mass is 19.4. The minimum atomic E-state index is -4.68. The Kier molecular flexibility index (Phi) is 6.14. The van der Waals surface area contributed by atoms with E-state index in [1.807, 2.05) is 20.8 Å².